The maximum Gasteiger partial charge on any atom is 0.274 e. The standard InChI is InChI=1S/C25H31N5O3/c1-16-6-3-4-8-19(16)24(32)30-13-11-21-20(15-30)22(27-28(21)2)25(33)29-12-5-7-17(14-29)23(31)26-18-9-10-18/h3-4,6,8,17-18H,5,7,9-15H2,1-2H3,(H,26,31)/t17-/m1/s1. The molecule has 174 valence electrons. The van der Waals surface area contributed by atoms with E-state index in [1.807, 2.05) is 43.1 Å². The number of nitrogens with one attached hydrogen (secondary N) is 1. The molecule has 5 rings (SSSR count). The van der Waals surface area contributed by atoms with Gasteiger partial charge >= 0.3 is 0 Å². The van der Waals surface area contributed by atoms with Gasteiger partial charge in [-0.3, -0.25) is 19.1 Å². The monoisotopic (exact) mass is 449 g/mol. The van der Waals surface area contributed by atoms with Crippen LogP contribution in [0.15, 0.2) is 24.3 Å². The Hall–Kier alpha value is -3.16. The largest absolute Gasteiger partial charge is 0.353 e. The normalized spacial score (nSPS) is 20.4. The van der Waals surface area contributed by atoms with E-state index < -0.39 is 0 Å². The van der Waals surface area contributed by atoms with Crippen molar-refractivity contribution in [1.82, 2.24) is 24.9 Å². The van der Waals surface area contributed by atoms with E-state index in [1.165, 1.54) is 0 Å². The second-order valence-electron chi connectivity index (χ2n) is 9.56. The van der Waals surface area contributed by atoms with Gasteiger partial charge in [-0.05, 0) is 44.2 Å². The van der Waals surface area contributed by atoms with Gasteiger partial charge in [0.1, 0.15) is 0 Å². The third-order valence-corrected chi connectivity index (χ3v) is 7.11. The van der Waals surface area contributed by atoms with Gasteiger partial charge in [-0.25, -0.2) is 0 Å². The van der Waals surface area contributed by atoms with Gasteiger partial charge in [-0.2, -0.15) is 5.10 Å². The predicted molar refractivity (Wildman–Crippen MR) is 123 cm³/mol. The van der Waals surface area contributed by atoms with Crippen LogP contribution in [0.3, 0.4) is 0 Å². The molecule has 1 N–H and O–H groups in total. The van der Waals surface area contributed by atoms with Crippen molar-refractivity contribution in [3.05, 3.63) is 52.3 Å². The number of amides is 3. The fourth-order valence-corrected chi connectivity index (χ4v) is 4.99. The Morgan fingerprint density at radius 1 is 1.03 bits per heavy atom. The Labute approximate surface area is 193 Å². The van der Waals surface area contributed by atoms with Crippen molar-refractivity contribution in [2.45, 2.75) is 51.6 Å². The third kappa shape index (κ3) is 4.26. The number of nitrogens with zero attached hydrogens (tertiary/aromatic N) is 4. The molecule has 1 aromatic heterocycles. The van der Waals surface area contributed by atoms with Gasteiger partial charge in [0, 0.05) is 56.0 Å². The van der Waals surface area contributed by atoms with E-state index in [1.54, 1.807) is 9.58 Å². The molecule has 0 spiro atoms. The maximum atomic E-state index is 13.5. The molecule has 1 aliphatic carbocycles. The first-order valence-electron chi connectivity index (χ1n) is 11.9. The molecule has 1 saturated carbocycles. The van der Waals surface area contributed by atoms with E-state index in [2.05, 4.69) is 10.4 Å². The minimum atomic E-state index is -0.165. The fourth-order valence-electron chi connectivity index (χ4n) is 4.99. The highest BCUT2D eigenvalue weighted by Crippen LogP contribution is 2.27. The highest BCUT2D eigenvalue weighted by molar-refractivity contribution is 5.97. The van der Waals surface area contributed by atoms with E-state index >= 15 is 0 Å². The summed E-state index contributed by atoms with van der Waals surface area (Å²) in [6.45, 7) is 3.96. The summed E-state index contributed by atoms with van der Waals surface area (Å²) >= 11 is 0. The van der Waals surface area contributed by atoms with Crippen LogP contribution < -0.4 is 5.32 Å². The first-order valence-corrected chi connectivity index (χ1v) is 11.9. The summed E-state index contributed by atoms with van der Waals surface area (Å²) in [5.74, 6) is -0.258. The lowest BCUT2D eigenvalue weighted by Crippen LogP contribution is -2.46. The summed E-state index contributed by atoms with van der Waals surface area (Å²) < 4.78 is 1.78. The number of aryl methyl sites for hydroxylation is 2. The lowest BCUT2D eigenvalue weighted by molar-refractivity contribution is -0.126. The molecular weight excluding hydrogens is 418 g/mol. The van der Waals surface area contributed by atoms with Crippen LogP contribution in [0.5, 0.6) is 0 Å². The van der Waals surface area contributed by atoms with Crippen molar-refractivity contribution in [3.8, 4) is 0 Å². The molecule has 0 unspecified atom stereocenters. The average Bonchev–Trinajstić information content (AvgIpc) is 3.59. The number of carbonyl (C=O) groups excluding carboxylic acids is 3. The van der Waals surface area contributed by atoms with E-state index in [9.17, 15) is 14.4 Å². The number of hydrogen-bond acceptors (Lipinski definition) is 4. The molecule has 2 aromatic rings. The first-order chi connectivity index (χ1) is 15.9. The van der Waals surface area contributed by atoms with Crippen LogP contribution >= 0.6 is 0 Å². The summed E-state index contributed by atoms with van der Waals surface area (Å²) in [5, 5.41) is 7.64. The van der Waals surface area contributed by atoms with Crippen molar-refractivity contribution >= 4 is 17.7 Å². The van der Waals surface area contributed by atoms with Crippen molar-refractivity contribution in [3.63, 3.8) is 0 Å². The van der Waals surface area contributed by atoms with Gasteiger partial charge in [0.2, 0.25) is 5.91 Å². The Kier molecular flexibility index (Phi) is 5.68. The minimum Gasteiger partial charge on any atom is -0.353 e. The van der Waals surface area contributed by atoms with Crippen LogP contribution in [-0.2, 0) is 24.8 Å². The molecule has 2 aliphatic heterocycles. The number of aromatic nitrogens is 2. The van der Waals surface area contributed by atoms with Crippen LogP contribution in [-0.4, -0.2) is 63.0 Å². The predicted octanol–water partition coefficient (Wildman–Crippen LogP) is 2.06. The first kappa shape index (κ1) is 21.7. The molecule has 1 atom stereocenters. The smallest absolute Gasteiger partial charge is 0.274 e. The van der Waals surface area contributed by atoms with E-state index in [0.29, 0.717) is 49.9 Å². The number of fused-ring (bicyclic) bond motifs is 1. The van der Waals surface area contributed by atoms with Crippen LogP contribution in [0.4, 0.5) is 0 Å². The zero-order chi connectivity index (χ0) is 23.1. The topological polar surface area (TPSA) is 87.5 Å². The molecule has 2 fully saturated rings. The molecule has 0 radical (unpaired) electrons. The SMILES string of the molecule is Cc1ccccc1C(=O)N1CCc2c(c(C(=O)N3CCC[C@@H](C(=O)NC4CC4)C3)nn2C)C1. The summed E-state index contributed by atoms with van der Waals surface area (Å²) in [5.41, 5.74) is 3.89. The van der Waals surface area contributed by atoms with Crippen LogP contribution in [0.1, 0.15) is 63.4 Å². The van der Waals surface area contributed by atoms with E-state index in [0.717, 1.165) is 42.5 Å². The summed E-state index contributed by atoms with van der Waals surface area (Å²) in [4.78, 5) is 42.8. The Balaban J connectivity index is 1.34. The van der Waals surface area contributed by atoms with Crippen LogP contribution in [0.2, 0.25) is 0 Å². The molecule has 33 heavy (non-hydrogen) atoms. The number of piperidine rings is 1. The minimum absolute atomic E-state index is 0.0178. The summed E-state index contributed by atoms with van der Waals surface area (Å²) in [6, 6.07) is 7.91. The quantitative estimate of drug-likeness (QED) is 0.774. The zero-order valence-electron chi connectivity index (χ0n) is 19.3. The van der Waals surface area contributed by atoms with Gasteiger partial charge in [0.05, 0.1) is 12.5 Å². The van der Waals surface area contributed by atoms with Crippen LogP contribution in [0, 0.1) is 12.8 Å². The molecule has 3 heterocycles. The Bertz CT molecular complexity index is 1100. The van der Waals surface area contributed by atoms with E-state index in [-0.39, 0.29) is 23.6 Å². The Morgan fingerprint density at radius 3 is 2.58 bits per heavy atom. The number of hydrogen-bond donors (Lipinski definition) is 1. The molecule has 1 saturated heterocycles. The fraction of sp³-hybridized carbons (Fsp3) is 0.520. The van der Waals surface area contributed by atoms with Crippen molar-refractivity contribution < 1.29 is 14.4 Å². The van der Waals surface area contributed by atoms with Gasteiger partial charge in [0.25, 0.3) is 11.8 Å². The van der Waals surface area contributed by atoms with Gasteiger partial charge in [-0.1, -0.05) is 18.2 Å². The lowest BCUT2D eigenvalue weighted by Gasteiger charge is -2.32. The molecule has 3 aliphatic rings. The highest BCUT2D eigenvalue weighted by atomic mass is 16.2. The van der Waals surface area contributed by atoms with Gasteiger partial charge < -0.3 is 15.1 Å². The molecular formula is C25H31N5O3. The van der Waals surface area contributed by atoms with Gasteiger partial charge in [0.15, 0.2) is 5.69 Å². The highest BCUT2D eigenvalue weighted by Gasteiger charge is 2.35. The second-order valence-corrected chi connectivity index (χ2v) is 9.56. The maximum absolute atomic E-state index is 13.5. The van der Waals surface area contributed by atoms with E-state index in [4.69, 9.17) is 0 Å². The molecule has 8 heteroatoms. The number of benzene rings is 1. The number of rotatable bonds is 4. The van der Waals surface area contributed by atoms with Gasteiger partial charge in [-0.15, -0.1) is 0 Å². The molecule has 3 amide bonds. The molecule has 0 bridgehead atoms. The molecule has 1 aromatic carbocycles. The van der Waals surface area contributed by atoms with Crippen molar-refractivity contribution in [2.24, 2.45) is 13.0 Å². The van der Waals surface area contributed by atoms with Crippen LogP contribution in [0.25, 0.3) is 0 Å². The average molecular weight is 450 g/mol. The summed E-state index contributed by atoms with van der Waals surface area (Å²) in [7, 11) is 1.86. The third-order valence-electron chi connectivity index (χ3n) is 7.11. The Morgan fingerprint density at radius 2 is 1.82 bits per heavy atom. The number of likely N-dealkylation sites (tertiary alicyclic amines) is 1. The van der Waals surface area contributed by atoms with Crippen molar-refractivity contribution in [1.29, 1.82) is 0 Å². The lowest BCUT2D eigenvalue weighted by atomic mass is 9.96. The zero-order valence-corrected chi connectivity index (χ0v) is 19.3. The molecule has 8 nitrogen and oxygen atoms in total. The number of carbonyl (C=O) groups is 3. The van der Waals surface area contributed by atoms with Crippen molar-refractivity contribution in [2.75, 3.05) is 19.6 Å². The summed E-state index contributed by atoms with van der Waals surface area (Å²) in [6.07, 6.45) is 4.39. The second kappa shape index (κ2) is 8.65.